The average Bonchev–Trinajstić information content (AvgIpc) is 2.91. The normalized spacial score (nSPS) is 18.1. The van der Waals surface area contributed by atoms with Crippen molar-refractivity contribution in [1.29, 1.82) is 5.41 Å². The Balaban J connectivity index is 1.58. The summed E-state index contributed by atoms with van der Waals surface area (Å²) < 4.78 is 0. The van der Waals surface area contributed by atoms with Crippen LogP contribution in [0.3, 0.4) is 0 Å². The number of hydrazine groups is 1. The Hall–Kier alpha value is -3.59. The highest BCUT2D eigenvalue weighted by atomic mass is 16.3. The molecule has 0 radical (unpaired) electrons. The monoisotopic (exact) mass is 438 g/mol. The highest BCUT2D eigenvalue weighted by Gasteiger charge is 2.45. The van der Waals surface area contributed by atoms with E-state index in [9.17, 15) is 14.7 Å². The van der Waals surface area contributed by atoms with Gasteiger partial charge in [-0.15, -0.1) is 0 Å². The first kappa shape index (κ1) is 23.1. The topological polar surface area (TPSA) is 135 Å². The summed E-state index contributed by atoms with van der Waals surface area (Å²) in [6, 6.07) is 13.1. The number of benzene rings is 2. The van der Waals surface area contributed by atoms with E-state index >= 15 is 0 Å². The number of phenolic OH excluding ortho intramolecular Hbond substituents is 1. The molecule has 0 saturated carbocycles. The Morgan fingerprint density at radius 3 is 2.53 bits per heavy atom. The molecule has 1 aliphatic rings. The molecule has 32 heavy (non-hydrogen) atoms. The smallest absolute Gasteiger partial charge is 0.336 e. The van der Waals surface area contributed by atoms with E-state index in [-0.39, 0.29) is 24.2 Å². The van der Waals surface area contributed by atoms with Gasteiger partial charge in [0.05, 0.1) is 13.1 Å². The minimum atomic E-state index is -0.756. The quantitative estimate of drug-likeness (QED) is 0.257. The first-order chi connectivity index (χ1) is 15.1. The number of nitrogens with zero attached hydrogens (tertiary/aromatic N) is 2. The van der Waals surface area contributed by atoms with Gasteiger partial charge in [0.2, 0.25) is 0 Å². The Labute approximate surface area is 187 Å². The SMILES string of the molecule is CC(C)CC1(C)NC(=N)N(Cc2ccc(CN(N)C(=O)Nc3cccc(O)c3)cc2)C1=O. The van der Waals surface area contributed by atoms with Crippen LogP contribution in [0, 0.1) is 11.3 Å². The minimum absolute atomic E-state index is 0.0475. The second-order valence-corrected chi connectivity index (χ2v) is 8.72. The molecule has 1 heterocycles. The number of nitrogens with one attached hydrogen (secondary N) is 3. The third-order valence-electron chi connectivity index (χ3n) is 5.27. The second-order valence-electron chi connectivity index (χ2n) is 8.72. The Kier molecular flexibility index (Phi) is 6.69. The van der Waals surface area contributed by atoms with Crippen molar-refractivity contribution in [2.24, 2.45) is 11.8 Å². The summed E-state index contributed by atoms with van der Waals surface area (Å²) in [5.41, 5.74) is 1.37. The molecule has 0 aromatic heterocycles. The fourth-order valence-electron chi connectivity index (χ4n) is 3.87. The maximum absolute atomic E-state index is 12.9. The van der Waals surface area contributed by atoms with Crippen LogP contribution in [0.15, 0.2) is 48.5 Å². The van der Waals surface area contributed by atoms with Crippen LogP contribution in [0.5, 0.6) is 5.75 Å². The minimum Gasteiger partial charge on any atom is -0.508 e. The van der Waals surface area contributed by atoms with Crippen molar-refractivity contribution in [2.75, 3.05) is 5.32 Å². The molecule has 1 aliphatic heterocycles. The molecule has 1 fully saturated rings. The van der Waals surface area contributed by atoms with Crippen LogP contribution in [0.4, 0.5) is 10.5 Å². The van der Waals surface area contributed by atoms with Gasteiger partial charge in [-0.3, -0.25) is 20.1 Å². The standard InChI is InChI=1S/C23H30N6O3/c1-15(2)12-23(3)20(31)28(21(24)27-23)13-16-7-9-17(10-8-16)14-29(25)22(32)26-18-5-4-6-19(30)11-18/h4-11,15,30H,12-14,25H2,1-3H3,(H2,24,27)(H,26,32). The van der Waals surface area contributed by atoms with Gasteiger partial charge in [-0.05, 0) is 42.5 Å². The summed E-state index contributed by atoms with van der Waals surface area (Å²) in [4.78, 5) is 26.6. The lowest BCUT2D eigenvalue weighted by molar-refractivity contribution is -0.131. The number of nitrogens with two attached hydrogens (primary N) is 1. The van der Waals surface area contributed by atoms with E-state index in [1.165, 1.54) is 17.0 Å². The van der Waals surface area contributed by atoms with Crippen LogP contribution in [0.2, 0.25) is 0 Å². The number of rotatable bonds is 7. The predicted octanol–water partition coefficient (Wildman–Crippen LogP) is 2.97. The molecule has 9 heteroatoms. The first-order valence-electron chi connectivity index (χ1n) is 10.5. The number of aromatic hydroxyl groups is 1. The molecule has 2 aromatic carbocycles. The van der Waals surface area contributed by atoms with Crippen molar-refractivity contribution >= 4 is 23.6 Å². The summed E-state index contributed by atoms with van der Waals surface area (Å²) in [6.45, 7) is 6.41. The van der Waals surface area contributed by atoms with E-state index in [1.807, 2.05) is 31.2 Å². The van der Waals surface area contributed by atoms with E-state index in [0.29, 0.717) is 24.6 Å². The maximum atomic E-state index is 12.9. The molecule has 1 atom stereocenters. The molecule has 1 unspecified atom stereocenters. The van der Waals surface area contributed by atoms with E-state index < -0.39 is 11.6 Å². The zero-order valence-corrected chi connectivity index (χ0v) is 18.6. The molecule has 6 N–H and O–H groups in total. The number of amides is 3. The molecule has 9 nitrogen and oxygen atoms in total. The fraction of sp³-hybridized carbons (Fsp3) is 0.348. The van der Waals surface area contributed by atoms with E-state index in [0.717, 1.165) is 16.1 Å². The van der Waals surface area contributed by atoms with Crippen molar-refractivity contribution < 1.29 is 14.7 Å². The lowest BCUT2D eigenvalue weighted by Crippen LogP contribution is -2.44. The van der Waals surface area contributed by atoms with Gasteiger partial charge in [0.25, 0.3) is 5.91 Å². The number of hydrogen-bond donors (Lipinski definition) is 5. The Morgan fingerprint density at radius 2 is 1.91 bits per heavy atom. The van der Waals surface area contributed by atoms with E-state index in [4.69, 9.17) is 11.3 Å². The van der Waals surface area contributed by atoms with Crippen molar-refractivity contribution in [3.63, 3.8) is 0 Å². The Bertz CT molecular complexity index is 1010. The first-order valence-corrected chi connectivity index (χ1v) is 10.5. The second kappa shape index (κ2) is 9.27. The molecular weight excluding hydrogens is 408 g/mol. The van der Waals surface area contributed by atoms with Gasteiger partial charge >= 0.3 is 6.03 Å². The van der Waals surface area contributed by atoms with Gasteiger partial charge < -0.3 is 15.7 Å². The molecule has 1 saturated heterocycles. The van der Waals surface area contributed by atoms with Crippen LogP contribution in [-0.4, -0.2) is 38.5 Å². The summed E-state index contributed by atoms with van der Waals surface area (Å²) in [7, 11) is 0. The largest absolute Gasteiger partial charge is 0.508 e. The summed E-state index contributed by atoms with van der Waals surface area (Å²) in [5, 5.41) is 24.4. The average molecular weight is 439 g/mol. The van der Waals surface area contributed by atoms with Crippen molar-refractivity contribution in [3.8, 4) is 5.75 Å². The molecular formula is C23H30N6O3. The van der Waals surface area contributed by atoms with Gasteiger partial charge in [-0.25, -0.2) is 10.6 Å². The third kappa shape index (κ3) is 5.36. The van der Waals surface area contributed by atoms with Crippen LogP contribution < -0.4 is 16.5 Å². The number of guanidine groups is 1. The summed E-state index contributed by atoms with van der Waals surface area (Å²) in [5.74, 6) is 6.26. The van der Waals surface area contributed by atoms with Crippen LogP contribution in [0.25, 0.3) is 0 Å². The van der Waals surface area contributed by atoms with Gasteiger partial charge in [-0.1, -0.05) is 44.2 Å². The van der Waals surface area contributed by atoms with Gasteiger partial charge in [-0.2, -0.15) is 0 Å². The number of hydrogen-bond acceptors (Lipinski definition) is 5. The summed E-state index contributed by atoms with van der Waals surface area (Å²) >= 11 is 0. The van der Waals surface area contributed by atoms with Crippen LogP contribution in [-0.2, 0) is 17.9 Å². The van der Waals surface area contributed by atoms with Gasteiger partial charge in [0.15, 0.2) is 5.96 Å². The number of phenols is 1. The molecule has 3 amide bonds. The molecule has 0 spiro atoms. The van der Waals surface area contributed by atoms with Crippen LogP contribution >= 0.6 is 0 Å². The number of urea groups is 1. The zero-order chi connectivity index (χ0) is 23.5. The molecule has 2 aromatic rings. The van der Waals surface area contributed by atoms with Crippen molar-refractivity contribution in [3.05, 3.63) is 59.7 Å². The zero-order valence-electron chi connectivity index (χ0n) is 18.6. The van der Waals surface area contributed by atoms with Crippen LogP contribution in [0.1, 0.15) is 38.3 Å². The van der Waals surface area contributed by atoms with Gasteiger partial charge in [0, 0.05) is 11.8 Å². The fourth-order valence-corrected chi connectivity index (χ4v) is 3.87. The maximum Gasteiger partial charge on any atom is 0.336 e. The molecule has 3 rings (SSSR count). The summed E-state index contributed by atoms with van der Waals surface area (Å²) in [6.07, 6.45) is 0.653. The Morgan fingerprint density at radius 1 is 1.25 bits per heavy atom. The highest BCUT2D eigenvalue weighted by molar-refractivity contribution is 6.07. The molecule has 170 valence electrons. The third-order valence-corrected chi connectivity index (χ3v) is 5.27. The lowest BCUT2D eigenvalue weighted by Gasteiger charge is -2.24. The number of anilines is 1. The number of carbonyl (C=O) groups is 2. The number of carbonyl (C=O) groups excluding carboxylic acids is 2. The molecule has 0 aliphatic carbocycles. The van der Waals surface area contributed by atoms with Gasteiger partial charge in [0.1, 0.15) is 11.3 Å². The van der Waals surface area contributed by atoms with E-state index in [2.05, 4.69) is 24.5 Å². The highest BCUT2D eigenvalue weighted by Crippen LogP contribution is 2.26. The molecule has 0 bridgehead atoms. The van der Waals surface area contributed by atoms with E-state index in [1.54, 1.807) is 12.1 Å². The predicted molar refractivity (Wildman–Crippen MR) is 123 cm³/mol. The van der Waals surface area contributed by atoms with Crippen molar-refractivity contribution in [2.45, 2.75) is 45.8 Å². The van der Waals surface area contributed by atoms with Crippen molar-refractivity contribution in [1.82, 2.24) is 15.2 Å². The lowest BCUT2D eigenvalue weighted by atomic mass is 9.91.